The summed E-state index contributed by atoms with van der Waals surface area (Å²) in [6.45, 7) is 15.2. The standard InChI is InChI=1S/C34H40FN7O/c1-19(2)41-18-37-29-14-28(39-32(31(29)41)38-27-9-10-36-15-26(27)35)22-7-8-25-30(11-22)42(33(43)34(25,5)6)24-12-23(13-24)40-16-20(3)21(4)17-40/h7-11,14-15,18-21,23-24H,12-13,16-17H2,1-6H3,(H,36,38,39)/t20-,21+,23?,24?. The van der Waals surface area contributed by atoms with Crippen LogP contribution >= 0.6 is 0 Å². The average molecular weight is 582 g/mol. The SMILES string of the molecule is CC(C)n1cnc2cc(-c3ccc4c(c3)N(C3CC(N5C[C@@H](C)[C@@H](C)C5)C3)C(=O)C4(C)C)nc(Nc3ccncc3F)c21. The first-order chi connectivity index (χ1) is 20.5. The number of likely N-dealkylation sites (tertiary alicyclic amines) is 1. The summed E-state index contributed by atoms with van der Waals surface area (Å²) in [5, 5.41) is 3.21. The van der Waals surface area contributed by atoms with Crippen molar-refractivity contribution < 1.29 is 9.18 Å². The number of carbonyl (C=O) groups is 1. The van der Waals surface area contributed by atoms with Crippen LogP contribution in [0.3, 0.4) is 0 Å². The van der Waals surface area contributed by atoms with E-state index < -0.39 is 11.2 Å². The number of carbonyl (C=O) groups excluding carboxylic acids is 1. The van der Waals surface area contributed by atoms with Crippen molar-refractivity contribution in [1.29, 1.82) is 0 Å². The van der Waals surface area contributed by atoms with E-state index in [-0.39, 0.29) is 18.0 Å². The van der Waals surface area contributed by atoms with Crippen LogP contribution in [-0.4, -0.2) is 55.5 Å². The van der Waals surface area contributed by atoms with Gasteiger partial charge in [0, 0.05) is 48.7 Å². The zero-order valence-electron chi connectivity index (χ0n) is 25.8. The summed E-state index contributed by atoms with van der Waals surface area (Å²) < 4.78 is 16.7. The van der Waals surface area contributed by atoms with Gasteiger partial charge in [-0.2, -0.15) is 0 Å². The number of fused-ring (bicyclic) bond motifs is 2. The number of nitrogens with one attached hydrogen (secondary N) is 1. The number of nitrogens with zero attached hydrogens (tertiary/aromatic N) is 6. The van der Waals surface area contributed by atoms with Gasteiger partial charge in [0.05, 0.1) is 34.8 Å². The highest BCUT2D eigenvalue weighted by atomic mass is 19.1. The van der Waals surface area contributed by atoms with Gasteiger partial charge in [-0.1, -0.05) is 26.0 Å². The fourth-order valence-electron chi connectivity index (χ4n) is 7.14. The fourth-order valence-corrected chi connectivity index (χ4v) is 7.14. The number of aromatic nitrogens is 4. The number of hydrogen-bond donors (Lipinski definition) is 1. The third kappa shape index (κ3) is 4.51. The molecular weight excluding hydrogens is 541 g/mol. The fraction of sp³-hybridized carbons (Fsp3) is 0.471. The molecule has 224 valence electrons. The van der Waals surface area contributed by atoms with Crippen molar-refractivity contribution in [3.05, 3.63) is 60.4 Å². The van der Waals surface area contributed by atoms with Gasteiger partial charge in [-0.05, 0) is 76.1 Å². The van der Waals surface area contributed by atoms with Crippen molar-refractivity contribution >= 4 is 34.1 Å². The third-order valence-electron chi connectivity index (χ3n) is 10.1. The summed E-state index contributed by atoms with van der Waals surface area (Å²) in [4.78, 5) is 32.1. The largest absolute Gasteiger partial charge is 0.336 e. The van der Waals surface area contributed by atoms with Crippen LogP contribution in [0.2, 0.25) is 0 Å². The molecule has 1 saturated heterocycles. The minimum atomic E-state index is -0.589. The molecule has 3 aromatic heterocycles. The molecule has 0 spiro atoms. The predicted octanol–water partition coefficient (Wildman–Crippen LogP) is 6.70. The third-order valence-corrected chi connectivity index (χ3v) is 10.1. The minimum absolute atomic E-state index is 0.139. The van der Waals surface area contributed by atoms with E-state index in [9.17, 15) is 9.18 Å². The van der Waals surface area contributed by atoms with E-state index in [1.807, 2.05) is 30.5 Å². The Bertz CT molecular complexity index is 1710. The van der Waals surface area contributed by atoms with Crippen LogP contribution in [0.25, 0.3) is 22.3 Å². The molecule has 1 saturated carbocycles. The molecule has 43 heavy (non-hydrogen) atoms. The Labute approximate surface area is 252 Å². The number of imidazole rings is 1. The predicted molar refractivity (Wildman–Crippen MR) is 168 cm³/mol. The molecule has 0 radical (unpaired) electrons. The summed E-state index contributed by atoms with van der Waals surface area (Å²) in [5.41, 5.74) is 4.91. The second-order valence-corrected chi connectivity index (χ2v) is 13.7. The molecule has 8 nitrogen and oxygen atoms in total. The molecule has 1 aromatic carbocycles. The smallest absolute Gasteiger partial charge is 0.237 e. The number of hydrogen-bond acceptors (Lipinski definition) is 6. The molecule has 0 bridgehead atoms. The molecule has 3 aliphatic rings. The molecule has 9 heteroatoms. The second-order valence-electron chi connectivity index (χ2n) is 13.7. The van der Waals surface area contributed by atoms with Crippen LogP contribution in [0.5, 0.6) is 0 Å². The maximum atomic E-state index is 14.6. The van der Waals surface area contributed by atoms with E-state index in [4.69, 9.17) is 4.98 Å². The van der Waals surface area contributed by atoms with Gasteiger partial charge in [0.2, 0.25) is 5.91 Å². The Balaban J connectivity index is 1.26. The Kier molecular flexibility index (Phi) is 6.57. The van der Waals surface area contributed by atoms with Crippen LogP contribution in [0.4, 0.5) is 21.6 Å². The molecular formula is C34H40FN7O. The van der Waals surface area contributed by atoms with E-state index in [2.05, 4.69) is 64.9 Å². The summed E-state index contributed by atoms with van der Waals surface area (Å²) in [5.74, 6) is 1.68. The Morgan fingerprint density at radius 2 is 1.79 bits per heavy atom. The van der Waals surface area contributed by atoms with Gasteiger partial charge in [-0.25, -0.2) is 14.4 Å². The molecule has 2 atom stereocenters. The maximum absolute atomic E-state index is 14.6. The van der Waals surface area contributed by atoms with Gasteiger partial charge in [-0.15, -0.1) is 0 Å². The quantitative estimate of drug-likeness (QED) is 0.273. The number of amides is 1. The van der Waals surface area contributed by atoms with E-state index in [0.29, 0.717) is 23.2 Å². The van der Waals surface area contributed by atoms with Gasteiger partial charge in [0.25, 0.3) is 0 Å². The van der Waals surface area contributed by atoms with Crippen LogP contribution in [0.1, 0.15) is 66.0 Å². The Hall–Kier alpha value is -3.85. The number of pyridine rings is 2. The van der Waals surface area contributed by atoms with Crippen molar-refractivity contribution in [3.63, 3.8) is 0 Å². The highest BCUT2D eigenvalue weighted by Gasteiger charge is 2.50. The number of anilines is 3. The van der Waals surface area contributed by atoms with Gasteiger partial charge in [0.15, 0.2) is 11.6 Å². The van der Waals surface area contributed by atoms with E-state index in [1.54, 1.807) is 18.6 Å². The number of halogens is 1. The maximum Gasteiger partial charge on any atom is 0.237 e. The minimum Gasteiger partial charge on any atom is -0.336 e. The molecule has 1 aliphatic carbocycles. The molecule has 0 unspecified atom stereocenters. The lowest BCUT2D eigenvalue weighted by molar-refractivity contribution is -0.123. The van der Waals surface area contributed by atoms with E-state index in [0.717, 1.165) is 65.6 Å². The van der Waals surface area contributed by atoms with Crippen LogP contribution in [0.15, 0.2) is 49.1 Å². The summed E-state index contributed by atoms with van der Waals surface area (Å²) >= 11 is 0. The number of rotatable bonds is 6. The van der Waals surface area contributed by atoms with Crippen molar-refractivity contribution in [1.82, 2.24) is 24.4 Å². The van der Waals surface area contributed by atoms with E-state index >= 15 is 0 Å². The summed E-state index contributed by atoms with van der Waals surface area (Å²) in [6, 6.07) is 10.7. The molecule has 7 rings (SSSR count). The highest BCUT2D eigenvalue weighted by molar-refractivity contribution is 6.08. The molecule has 4 aromatic rings. The zero-order chi connectivity index (χ0) is 30.2. The van der Waals surface area contributed by atoms with Crippen molar-refractivity contribution in [3.8, 4) is 11.3 Å². The van der Waals surface area contributed by atoms with Gasteiger partial charge < -0.3 is 14.8 Å². The molecule has 1 amide bonds. The normalized spacial score (nSPS) is 25.0. The number of benzene rings is 1. The zero-order valence-corrected chi connectivity index (χ0v) is 25.8. The molecule has 1 N–H and O–H groups in total. The summed E-state index contributed by atoms with van der Waals surface area (Å²) in [7, 11) is 0. The van der Waals surface area contributed by atoms with Crippen molar-refractivity contribution in [2.75, 3.05) is 23.3 Å². The monoisotopic (exact) mass is 581 g/mol. The van der Waals surface area contributed by atoms with Crippen LogP contribution < -0.4 is 10.2 Å². The van der Waals surface area contributed by atoms with E-state index in [1.165, 1.54) is 6.20 Å². The van der Waals surface area contributed by atoms with Crippen molar-refractivity contribution in [2.45, 2.75) is 77.9 Å². The topological polar surface area (TPSA) is 79.2 Å². The van der Waals surface area contributed by atoms with Gasteiger partial charge >= 0.3 is 0 Å². The van der Waals surface area contributed by atoms with Crippen LogP contribution in [-0.2, 0) is 10.2 Å². The first kappa shape index (κ1) is 28.0. The summed E-state index contributed by atoms with van der Waals surface area (Å²) in [6.07, 6.45) is 6.55. The lowest BCUT2D eigenvalue weighted by Gasteiger charge is -2.46. The lowest BCUT2D eigenvalue weighted by atomic mass is 9.83. The van der Waals surface area contributed by atoms with Crippen LogP contribution in [0, 0.1) is 17.7 Å². The van der Waals surface area contributed by atoms with Crippen molar-refractivity contribution in [2.24, 2.45) is 11.8 Å². The second kappa shape index (κ2) is 10.1. The lowest BCUT2D eigenvalue weighted by Crippen LogP contribution is -2.55. The molecule has 2 fully saturated rings. The highest BCUT2D eigenvalue weighted by Crippen LogP contribution is 2.48. The first-order valence-corrected chi connectivity index (χ1v) is 15.5. The Morgan fingerprint density at radius 1 is 1.05 bits per heavy atom. The molecule has 2 aliphatic heterocycles. The van der Waals surface area contributed by atoms with Gasteiger partial charge in [0.1, 0.15) is 5.52 Å². The Morgan fingerprint density at radius 3 is 2.49 bits per heavy atom. The average Bonchev–Trinajstić information content (AvgIpc) is 3.58. The molecule has 5 heterocycles. The first-order valence-electron chi connectivity index (χ1n) is 15.5. The van der Waals surface area contributed by atoms with Gasteiger partial charge in [-0.3, -0.25) is 14.7 Å².